The molecule has 13 heavy (non-hydrogen) atoms. The first-order valence-corrected chi connectivity index (χ1v) is 5.08. The molecule has 2 N–H and O–H groups in total. The van der Waals surface area contributed by atoms with Gasteiger partial charge in [0.25, 0.3) is 0 Å². The molecule has 0 aromatic carbocycles. The van der Waals surface area contributed by atoms with Gasteiger partial charge >= 0.3 is 5.97 Å². The fourth-order valence-corrected chi connectivity index (χ4v) is 2.82. The minimum atomic E-state index is -1.02. The molecule has 1 aliphatic rings. The van der Waals surface area contributed by atoms with E-state index in [2.05, 4.69) is 0 Å². The fourth-order valence-electron chi connectivity index (χ4n) is 1.69. The van der Waals surface area contributed by atoms with Crippen molar-refractivity contribution in [1.29, 1.82) is 0 Å². The molecule has 0 amide bonds. The molecule has 0 radical (unpaired) electrons. The van der Waals surface area contributed by atoms with Crippen LogP contribution in [0.15, 0.2) is 0 Å². The van der Waals surface area contributed by atoms with Crippen molar-refractivity contribution in [1.82, 2.24) is 0 Å². The van der Waals surface area contributed by atoms with Crippen LogP contribution < -0.4 is 0 Å². The molecular formula is C9H10O3S. The minimum absolute atomic E-state index is 0.00667. The highest BCUT2D eigenvalue weighted by molar-refractivity contribution is 7.14. The van der Waals surface area contributed by atoms with Crippen LogP contribution in [0.2, 0.25) is 0 Å². The number of hydrogen-bond acceptors (Lipinski definition) is 3. The zero-order chi connectivity index (χ0) is 9.42. The Balaban J connectivity index is 2.50. The summed E-state index contributed by atoms with van der Waals surface area (Å²) < 4.78 is 0. The Morgan fingerprint density at radius 1 is 1.31 bits per heavy atom. The summed E-state index contributed by atoms with van der Waals surface area (Å²) in [5.41, 5.74) is 0.869. The number of hydrogen-bond donors (Lipinski definition) is 2. The van der Waals surface area contributed by atoms with Gasteiger partial charge in [-0.1, -0.05) is 0 Å². The molecule has 1 aromatic heterocycles. The quantitative estimate of drug-likeness (QED) is 0.726. The maximum absolute atomic E-state index is 10.7. The molecule has 2 rings (SSSR count). The first-order valence-electron chi connectivity index (χ1n) is 4.27. The van der Waals surface area contributed by atoms with Crippen LogP contribution in [0.1, 0.15) is 33.0 Å². The lowest BCUT2D eigenvalue weighted by Crippen LogP contribution is -1.97. The van der Waals surface area contributed by atoms with Crippen LogP contribution in [-0.4, -0.2) is 16.2 Å². The van der Waals surface area contributed by atoms with E-state index in [0.29, 0.717) is 0 Å². The zero-order valence-electron chi connectivity index (χ0n) is 7.04. The van der Waals surface area contributed by atoms with Crippen molar-refractivity contribution in [2.24, 2.45) is 0 Å². The molecule has 0 unspecified atom stereocenters. The molecule has 0 saturated carbocycles. The second kappa shape index (κ2) is 3.03. The second-order valence-electron chi connectivity index (χ2n) is 3.19. The third-order valence-electron chi connectivity index (χ3n) is 2.34. The molecule has 0 aliphatic heterocycles. The number of aryl methyl sites for hydroxylation is 1. The van der Waals surface area contributed by atoms with Crippen LogP contribution in [0.25, 0.3) is 0 Å². The summed E-state index contributed by atoms with van der Waals surface area (Å²) in [5.74, 6) is -1.01. The van der Waals surface area contributed by atoms with Gasteiger partial charge in [-0.2, -0.15) is 0 Å². The zero-order valence-corrected chi connectivity index (χ0v) is 7.86. The molecule has 1 heterocycles. The van der Waals surface area contributed by atoms with Crippen molar-refractivity contribution < 1.29 is 15.0 Å². The average molecular weight is 198 g/mol. The van der Waals surface area contributed by atoms with Gasteiger partial charge in [0.05, 0.1) is 0 Å². The number of fused-ring (bicyclic) bond motifs is 1. The standard InChI is InChI=1S/C9H10O3S/c10-7-5-3-1-2-4-6(5)13-8(7)9(11)12/h10H,1-4H2,(H,11,12). The van der Waals surface area contributed by atoms with Gasteiger partial charge in [-0.05, 0) is 25.7 Å². The maximum atomic E-state index is 10.7. The van der Waals surface area contributed by atoms with E-state index >= 15 is 0 Å². The molecule has 0 atom stereocenters. The molecule has 4 heteroatoms. The normalized spacial score (nSPS) is 15.4. The number of thiophene rings is 1. The molecule has 0 saturated heterocycles. The van der Waals surface area contributed by atoms with E-state index in [-0.39, 0.29) is 10.6 Å². The summed E-state index contributed by atoms with van der Waals surface area (Å²) in [4.78, 5) is 11.9. The SMILES string of the molecule is O=C(O)c1sc2c(c1O)CCCC2. The number of rotatable bonds is 1. The first-order chi connectivity index (χ1) is 6.20. The van der Waals surface area contributed by atoms with E-state index in [1.165, 1.54) is 11.3 Å². The van der Waals surface area contributed by atoms with Crippen molar-refractivity contribution in [2.45, 2.75) is 25.7 Å². The van der Waals surface area contributed by atoms with Gasteiger partial charge < -0.3 is 10.2 Å². The van der Waals surface area contributed by atoms with E-state index in [0.717, 1.165) is 36.1 Å². The molecule has 0 fully saturated rings. The predicted molar refractivity (Wildman–Crippen MR) is 49.6 cm³/mol. The Labute approximate surface area is 79.6 Å². The summed E-state index contributed by atoms with van der Waals surface area (Å²) in [6, 6.07) is 0. The lowest BCUT2D eigenvalue weighted by Gasteiger charge is -2.09. The highest BCUT2D eigenvalue weighted by atomic mass is 32.1. The first kappa shape index (κ1) is 8.56. The molecule has 3 nitrogen and oxygen atoms in total. The summed E-state index contributed by atoms with van der Waals surface area (Å²) in [7, 11) is 0. The summed E-state index contributed by atoms with van der Waals surface area (Å²) in [6.07, 6.45) is 3.90. The van der Waals surface area contributed by atoms with Gasteiger partial charge in [0.2, 0.25) is 0 Å². The van der Waals surface area contributed by atoms with Gasteiger partial charge in [0.15, 0.2) is 4.88 Å². The van der Waals surface area contributed by atoms with Gasteiger partial charge in [-0.3, -0.25) is 0 Å². The smallest absolute Gasteiger partial charge is 0.349 e. The van der Waals surface area contributed by atoms with E-state index in [4.69, 9.17) is 5.11 Å². The highest BCUT2D eigenvalue weighted by Gasteiger charge is 2.23. The number of carboxylic acids is 1. The van der Waals surface area contributed by atoms with Gasteiger partial charge in [0, 0.05) is 10.4 Å². The highest BCUT2D eigenvalue weighted by Crippen LogP contribution is 2.38. The van der Waals surface area contributed by atoms with Crippen LogP contribution in [0.3, 0.4) is 0 Å². The average Bonchev–Trinajstić information content (AvgIpc) is 2.45. The Morgan fingerprint density at radius 3 is 2.62 bits per heavy atom. The second-order valence-corrected chi connectivity index (χ2v) is 4.30. The van der Waals surface area contributed by atoms with Crippen LogP contribution >= 0.6 is 11.3 Å². The summed E-state index contributed by atoms with van der Waals surface area (Å²) in [6.45, 7) is 0. The Hall–Kier alpha value is -1.03. The van der Waals surface area contributed by atoms with Crippen LogP contribution in [0.4, 0.5) is 0 Å². The summed E-state index contributed by atoms with van der Waals surface area (Å²) in [5, 5.41) is 18.3. The molecule has 1 aliphatic carbocycles. The van der Waals surface area contributed by atoms with Gasteiger partial charge in [0.1, 0.15) is 5.75 Å². The topological polar surface area (TPSA) is 57.5 Å². The van der Waals surface area contributed by atoms with E-state index in [1.54, 1.807) is 0 Å². The number of carboxylic acid groups (broad SMARTS) is 1. The maximum Gasteiger partial charge on any atom is 0.349 e. The van der Waals surface area contributed by atoms with Crippen molar-refractivity contribution in [3.63, 3.8) is 0 Å². The van der Waals surface area contributed by atoms with E-state index in [9.17, 15) is 9.90 Å². The predicted octanol–water partition coefficient (Wildman–Crippen LogP) is 2.03. The molecule has 1 aromatic rings. The number of aromatic hydroxyl groups is 1. The van der Waals surface area contributed by atoms with Crippen molar-refractivity contribution in [3.8, 4) is 5.75 Å². The van der Waals surface area contributed by atoms with Crippen LogP contribution in [-0.2, 0) is 12.8 Å². The van der Waals surface area contributed by atoms with E-state index in [1.807, 2.05) is 0 Å². The largest absolute Gasteiger partial charge is 0.506 e. The molecular weight excluding hydrogens is 188 g/mol. The lowest BCUT2D eigenvalue weighted by molar-refractivity contribution is 0.0699. The van der Waals surface area contributed by atoms with E-state index < -0.39 is 5.97 Å². The third-order valence-corrected chi connectivity index (χ3v) is 3.61. The Bertz CT molecular complexity index is 354. The lowest BCUT2D eigenvalue weighted by atomic mass is 9.98. The van der Waals surface area contributed by atoms with Crippen molar-refractivity contribution in [2.75, 3.05) is 0 Å². The Morgan fingerprint density at radius 2 is 2.00 bits per heavy atom. The van der Waals surface area contributed by atoms with Gasteiger partial charge in [-0.25, -0.2) is 4.79 Å². The minimum Gasteiger partial charge on any atom is -0.506 e. The Kier molecular flexibility index (Phi) is 2.00. The number of aromatic carboxylic acids is 1. The molecule has 70 valence electrons. The summed E-state index contributed by atoms with van der Waals surface area (Å²) >= 11 is 1.22. The van der Waals surface area contributed by atoms with Crippen LogP contribution in [0.5, 0.6) is 5.75 Å². The number of carbonyl (C=O) groups is 1. The van der Waals surface area contributed by atoms with Crippen LogP contribution in [0, 0.1) is 0 Å². The monoisotopic (exact) mass is 198 g/mol. The van der Waals surface area contributed by atoms with Crippen molar-refractivity contribution >= 4 is 17.3 Å². The molecule has 0 bridgehead atoms. The van der Waals surface area contributed by atoms with Gasteiger partial charge in [-0.15, -0.1) is 11.3 Å². The molecule has 0 spiro atoms. The third kappa shape index (κ3) is 1.31. The fraction of sp³-hybridized carbons (Fsp3) is 0.444. The van der Waals surface area contributed by atoms with Crippen molar-refractivity contribution in [3.05, 3.63) is 15.3 Å².